The lowest BCUT2D eigenvalue weighted by Gasteiger charge is -2.55. The fraction of sp³-hybridized carbons (Fsp3) is 0.667. The molecule has 0 N–H and O–H groups in total. The zero-order chi connectivity index (χ0) is 16.7. The number of piperidine rings is 1. The molecule has 0 saturated carbocycles. The maximum atomic E-state index is 12.3. The highest BCUT2D eigenvalue weighted by atomic mass is 16.6. The highest BCUT2D eigenvalue weighted by Gasteiger charge is 2.47. The first-order chi connectivity index (χ1) is 10.8. The van der Waals surface area contributed by atoms with Crippen LogP contribution in [0.3, 0.4) is 0 Å². The maximum absolute atomic E-state index is 12.3. The number of hydrogen-bond donors (Lipinski definition) is 0. The highest BCUT2D eigenvalue weighted by molar-refractivity contribution is 5.68. The summed E-state index contributed by atoms with van der Waals surface area (Å²) in [5.74, 6) is 0. The van der Waals surface area contributed by atoms with Gasteiger partial charge in [-0.25, -0.2) is 4.79 Å². The van der Waals surface area contributed by atoms with Crippen LogP contribution in [0.5, 0.6) is 0 Å². The van der Waals surface area contributed by atoms with Crippen LogP contribution < -0.4 is 4.90 Å². The minimum atomic E-state index is -0.429. The molecule has 2 aliphatic rings. The molecule has 5 heteroatoms. The normalized spacial score (nSPS) is 20.3. The lowest BCUT2D eigenvalue weighted by molar-refractivity contribution is -0.00145. The third kappa shape index (κ3) is 3.59. The van der Waals surface area contributed by atoms with E-state index in [0.717, 1.165) is 38.3 Å². The summed E-state index contributed by atoms with van der Waals surface area (Å²) in [5.41, 5.74) is 2.08. The molecule has 0 atom stereocenters. The molecule has 1 aromatic rings. The number of amides is 1. The zero-order valence-electron chi connectivity index (χ0n) is 14.6. The molecule has 0 radical (unpaired) electrons. The summed E-state index contributed by atoms with van der Waals surface area (Å²) >= 11 is 0. The number of carbonyl (C=O) groups is 1. The Labute approximate surface area is 138 Å². The van der Waals surface area contributed by atoms with Crippen molar-refractivity contribution in [1.29, 1.82) is 0 Å². The number of pyridine rings is 1. The topological polar surface area (TPSA) is 45.7 Å². The molecule has 2 fully saturated rings. The smallest absolute Gasteiger partial charge is 0.410 e. The van der Waals surface area contributed by atoms with Crippen molar-refractivity contribution in [2.75, 3.05) is 31.1 Å². The lowest BCUT2D eigenvalue weighted by Crippen LogP contribution is -2.64. The number of anilines is 1. The Morgan fingerprint density at radius 2 is 2.04 bits per heavy atom. The van der Waals surface area contributed by atoms with Crippen molar-refractivity contribution in [3.63, 3.8) is 0 Å². The van der Waals surface area contributed by atoms with Gasteiger partial charge in [0, 0.05) is 49.2 Å². The second-order valence-corrected chi connectivity index (χ2v) is 8.02. The van der Waals surface area contributed by atoms with E-state index in [1.165, 1.54) is 12.1 Å². The summed E-state index contributed by atoms with van der Waals surface area (Å²) in [6, 6.07) is 4.19. The van der Waals surface area contributed by atoms with E-state index in [1.807, 2.05) is 38.8 Å². The Hall–Kier alpha value is -1.78. The molecular weight excluding hydrogens is 290 g/mol. The van der Waals surface area contributed by atoms with Gasteiger partial charge in [-0.1, -0.05) is 0 Å². The molecule has 23 heavy (non-hydrogen) atoms. The van der Waals surface area contributed by atoms with Crippen molar-refractivity contribution < 1.29 is 9.53 Å². The summed E-state index contributed by atoms with van der Waals surface area (Å²) in [6.45, 7) is 11.4. The van der Waals surface area contributed by atoms with E-state index in [2.05, 4.69) is 22.0 Å². The van der Waals surface area contributed by atoms with Gasteiger partial charge in [0.05, 0.1) is 0 Å². The second kappa shape index (κ2) is 5.69. The van der Waals surface area contributed by atoms with E-state index in [0.29, 0.717) is 0 Å². The van der Waals surface area contributed by atoms with Crippen LogP contribution in [-0.4, -0.2) is 47.8 Å². The van der Waals surface area contributed by atoms with Crippen molar-refractivity contribution in [3.8, 4) is 0 Å². The van der Waals surface area contributed by atoms with Gasteiger partial charge in [0.2, 0.25) is 0 Å². The summed E-state index contributed by atoms with van der Waals surface area (Å²) < 4.78 is 5.53. The number of nitrogens with zero attached hydrogens (tertiary/aromatic N) is 3. The number of carbonyl (C=O) groups excluding carboxylic acids is 1. The molecule has 1 spiro atoms. The predicted octanol–water partition coefficient (Wildman–Crippen LogP) is 3.23. The Kier molecular flexibility index (Phi) is 3.98. The number of hydrogen-bond acceptors (Lipinski definition) is 4. The molecule has 5 nitrogen and oxygen atoms in total. The Balaban J connectivity index is 1.61. The van der Waals surface area contributed by atoms with Gasteiger partial charge in [0.1, 0.15) is 5.60 Å². The molecule has 0 aromatic carbocycles. The van der Waals surface area contributed by atoms with E-state index >= 15 is 0 Å². The van der Waals surface area contributed by atoms with Crippen molar-refractivity contribution in [3.05, 3.63) is 24.0 Å². The third-order valence-electron chi connectivity index (χ3n) is 4.61. The molecule has 3 rings (SSSR count). The van der Waals surface area contributed by atoms with Crippen LogP contribution in [0, 0.1) is 12.3 Å². The molecule has 126 valence electrons. The van der Waals surface area contributed by atoms with E-state index < -0.39 is 5.60 Å². The van der Waals surface area contributed by atoms with Crippen LogP contribution in [0.15, 0.2) is 18.3 Å². The summed E-state index contributed by atoms with van der Waals surface area (Å²) in [7, 11) is 0. The van der Waals surface area contributed by atoms with Crippen molar-refractivity contribution in [1.82, 2.24) is 9.88 Å². The minimum absolute atomic E-state index is 0.171. The Bertz CT molecular complexity index is 588. The Morgan fingerprint density at radius 3 is 2.70 bits per heavy atom. The number of aryl methyl sites for hydroxylation is 1. The van der Waals surface area contributed by atoms with Gasteiger partial charge < -0.3 is 14.5 Å². The van der Waals surface area contributed by atoms with Crippen molar-refractivity contribution >= 4 is 11.8 Å². The fourth-order valence-corrected chi connectivity index (χ4v) is 3.62. The number of aromatic nitrogens is 1. The zero-order valence-corrected chi connectivity index (χ0v) is 14.6. The summed E-state index contributed by atoms with van der Waals surface area (Å²) in [5, 5.41) is 0. The molecule has 1 aromatic heterocycles. The summed E-state index contributed by atoms with van der Waals surface area (Å²) in [6.07, 6.45) is 3.94. The standard InChI is InChI=1S/C18H27N3O2/c1-14-10-15(6-8-19-14)21-12-18(13-21)7-5-9-20(11-18)16(22)23-17(2,3)4/h6,8,10H,5,7,9,11-13H2,1-4H3. The predicted molar refractivity (Wildman–Crippen MR) is 90.7 cm³/mol. The van der Waals surface area contributed by atoms with Gasteiger partial charge >= 0.3 is 6.09 Å². The maximum Gasteiger partial charge on any atom is 0.410 e. The van der Waals surface area contributed by atoms with Gasteiger partial charge in [-0.2, -0.15) is 0 Å². The largest absolute Gasteiger partial charge is 0.444 e. The van der Waals surface area contributed by atoms with Crippen LogP contribution in [0.2, 0.25) is 0 Å². The van der Waals surface area contributed by atoms with Gasteiger partial charge in [-0.3, -0.25) is 4.98 Å². The van der Waals surface area contributed by atoms with E-state index in [4.69, 9.17) is 4.74 Å². The van der Waals surface area contributed by atoms with Gasteiger partial charge in [0.15, 0.2) is 0 Å². The van der Waals surface area contributed by atoms with Crippen LogP contribution in [0.4, 0.5) is 10.5 Å². The van der Waals surface area contributed by atoms with Gasteiger partial charge in [-0.05, 0) is 52.7 Å². The highest BCUT2D eigenvalue weighted by Crippen LogP contribution is 2.41. The SMILES string of the molecule is Cc1cc(N2CC3(CCCN(C(=O)OC(C)(C)C)C3)C2)ccn1. The average molecular weight is 317 g/mol. The Morgan fingerprint density at radius 1 is 1.30 bits per heavy atom. The molecule has 2 aliphatic heterocycles. The molecule has 2 saturated heterocycles. The van der Waals surface area contributed by atoms with Crippen molar-refractivity contribution in [2.24, 2.45) is 5.41 Å². The molecule has 0 unspecified atom stereocenters. The van der Waals surface area contributed by atoms with Crippen LogP contribution in [0.1, 0.15) is 39.3 Å². The molecule has 0 aliphatic carbocycles. The second-order valence-electron chi connectivity index (χ2n) is 8.02. The van der Waals surface area contributed by atoms with Crippen molar-refractivity contribution in [2.45, 2.75) is 46.1 Å². The summed E-state index contributed by atoms with van der Waals surface area (Å²) in [4.78, 5) is 20.9. The minimum Gasteiger partial charge on any atom is -0.444 e. The fourth-order valence-electron chi connectivity index (χ4n) is 3.62. The quantitative estimate of drug-likeness (QED) is 0.798. The number of rotatable bonds is 1. The van der Waals surface area contributed by atoms with E-state index in [1.54, 1.807) is 0 Å². The number of ether oxygens (including phenoxy) is 1. The van der Waals surface area contributed by atoms with E-state index in [9.17, 15) is 4.79 Å². The molecule has 1 amide bonds. The number of likely N-dealkylation sites (tertiary alicyclic amines) is 1. The average Bonchev–Trinajstić information content (AvgIpc) is 2.43. The van der Waals surface area contributed by atoms with Gasteiger partial charge in [-0.15, -0.1) is 0 Å². The van der Waals surface area contributed by atoms with E-state index in [-0.39, 0.29) is 11.5 Å². The van der Waals surface area contributed by atoms with Crippen LogP contribution in [0.25, 0.3) is 0 Å². The first-order valence-electron chi connectivity index (χ1n) is 8.42. The first kappa shape index (κ1) is 16.1. The molecule has 0 bridgehead atoms. The molecule has 3 heterocycles. The monoisotopic (exact) mass is 317 g/mol. The third-order valence-corrected chi connectivity index (χ3v) is 4.61. The van der Waals surface area contributed by atoms with Gasteiger partial charge in [0.25, 0.3) is 0 Å². The first-order valence-corrected chi connectivity index (χ1v) is 8.42. The lowest BCUT2D eigenvalue weighted by atomic mass is 9.73. The van der Waals surface area contributed by atoms with Crippen LogP contribution in [-0.2, 0) is 4.74 Å². The van der Waals surface area contributed by atoms with Crippen LogP contribution >= 0.6 is 0 Å². The molecular formula is C18H27N3O2.